The molecule has 0 unspecified atom stereocenters. The fraction of sp³-hybridized carbons (Fsp3) is 0.286. The molecule has 148 valence electrons. The van der Waals surface area contributed by atoms with Crippen LogP contribution >= 0.6 is 0 Å². The van der Waals surface area contributed by atoms with Crippen molar-refractivity contribution in [3.8, 4) is 5.75 Å². The number of hydrogen-bond acceptors (Lipinski definition) is 4. The highest BCUT2D eigenvalue weighted by atomic mass is 16.5. The van der Waals surface area contributed by atoms with Gasteiger partial charge in [0.2, 0.25) is 11.8 Å². The molecule has 7 nitrogen and oxygen atoms in total. The third-order valence-electron chi connectivity index (χ3n) is 4.02. The van der Waals surface area contributed by atoms with Gasteiger partial charge < -0.3 is 20.7 Å². The quantitative estimate of drug-likeness (QED) is 0.578. The Labute approximate surface area is 164 Å². The van der Waals surface area contributed by atoms with Crippen LogP contribution in [0.1, 0.15) is 29.3 Å². The zero-order valence-electron chi connectivity index (χ0n) is 16.1. The number of nitrogens with one attached hydrogen (secondary N) is 3. The molecule has 2 rings (SSSR count). The average Bonchev–Trinajstić information content (AvgIpc) is 2.70. The zero-order valence-corrected chi connectivity index (χ0v) is 16.1. The predicted octanol–water partition coefficient (Wildman–Crippen LogP) is 2.13. The van der Waals surface area contributed by atoms with Crippen molar-refractivity contribution in [2.24, 2.45) is 0 Å². The van der Waals surface area contributed by atoms with E-state index in [0.717, 1.165) is 11.3 Å². The summed E-state index contributed by atoms with van der Waals surface area (Å²) in [6.45, 7) is 2.15. The van der Waals surface area contributed by atoms with E-state index in [4.69, 9.17) is 4.74 Å². The highest BCUT2D eigenvalue weighted by Crippen LogP contribution is 2.14. The molecule has 0 aliphatic heterocycles. The normalized spacial score (nSPS) is 10.1. The first-order valence-corrected chi connectivity index (χ1v) is 9.03. The SMILES string of the molecule is COc1ccc(CCC(=O)Nc2ccc(C(=O)NCCNC(C)=O)cc2)cc1. The van der Waals surface area contributed by atoms with E-state index in [-0.39, 0.29) is 17.7 Å². The van der Waals surface area contributed by atoms with Gasteiger partial charge in [0, 0.05) is 37.7 Å². The topological polar surface area (TPSA) is 96.5 Å². The van der Waals surface area contributed by atoms with Crippen LogP contribution < -0.4 is 20.7 Å². The van der Waals surface area contributed by atoms with Gasteiger partial charge in [0.25, 0.3) is 5.91 Å². The highest BCUT2D eigenvalue weighted by molar-refractivity contribution is 5.95. The van der Waals surface area contributed by atoms with E-state index in [1.807, 2.05) is 24.3 Å². The van der Waals surface area contributed by atoms with Gasteiger partial charge in [0.05, 0.1) is 7.11 Å². The highest BCUT2D eigenvalue weighted by Gasteiger charge is 2.07. The Hall–Kier alpha value is -3.35. The smallest absolute Gasteiger partial charge is 0.251 e. The van der Waals surface area contributed by atoms with Crippen LogP contribution in [-0.4, -0.2) is 37.9 Å². The van der Waals surface area contributed by atoms with Gasteiger partial charge in [-0.05, 0) is 48.4 Å². The van der Waals surface area contributed by atoms with Gasteiger partial charge in [-0.1, -0.05) is 12.1 Å². The van der Waals surface area contributed by atoms with Gasteiger partial charge >= 0.3 is 0 Å². The van der Waals surface area contributed by atoms with Gasteiger partial charge in [-0.15, -0.1) is 0 Å². The summed E-state index contributed by atoms with van der Waals surface area (Å²) >= 11 is 0. The van der Waals surface area contributed by atoms with Crippen LogP contribution in [0.5, 0.6) is 5.75 Å². The molecule has 0 bridgehead atoms. The Morgan fingerprint density at radius 3 is 2.14 bits per heavy atom. The van der Waals surface area contributed by atoms with Crippen LogP contribution in [0.25, 0.3) is 0 Å². The summed E-state index contributed by atoms with van der Waals surface area (Å²) in [7, 11) is 1.61. The van der Waals surface area contributed by atoms with E-state index in [2.05, 4.69) is 16.0 Å². The van der Waals surface area contributed by atoms with Crippen molar-refractivity contribution in [2.45, 2.75) is 19.8 Å². The molecular formula is C21H25N3O4. The number of carbonyl (C=O) groups is 3. The van der Waals surface area contributed by atoms with Crippen molar-refractivity contribution in [3.05, 3.63) is 59.7 Å². The van der Waals surface area contributed by atoms with Crippen LogP contribution in [-0.2, 0) is 16.0 Å². The number of ether oxygens (including phenoxy) is 1. The third-order valence-corrected chi connectivity index (χ3v) is 4.02. The van der Waals surface area contributed by atoms with Crippen molar-refractivity contribution >= 4 is 23.4 Å². The fourth-order valence-electron chi connectivity index (χ4n) is 2.50. The fourth-order valence-corrected chi connectivity index (χ4v) is 2.50. The lowest BCUT2D eigenvalue weighted by atomic mass is 10.1. The minimum atomic E-state index is -0.234. The van der Waals surface area contributed by atoms with Gasteiger partial charge in [-0.25, -0.2) is 0 Å². The van der Waals surface area contributed by atoms with E-state index in [9.17, 15) is 14.4 Å². The molecule has 0 fully saturated rings. The van der Waals surface area contributed by atoms with E-state index >= 15 is 0 Å². The molecule has 3 amide bonds. The number of benzene rings is 2. The van der Waals surface area contributed by atoms with Crippen molar-refractivity contribution in [3.63, 3.8) is 0 Å². The second kappa shape index (κ2) is 10.7. The summed E-state index contributed by atoms with van der Waals surface area (Å²) in [6, 6.07) is 14.3. The molecular weight excluding hydrogens is 358 g/mol. The molecule has 7 heteroatoms. The van der Waals surface area contributed by atoms with Crippen molar-refractivity contribution in [2.75, 3.05) is 25.5 Å². The van der Waals surface area contributed by atoms with Crippen molar-refractivity contribution < 1.29 is 19.1 Å². The number of hydrogen-bond donors (Lipinski definition) is 3. The van der Waals surface area contributed by atoms with Gasteiger partial charge in [0.1, 0.15) is 5.75 Å². The summed E-state index contributed by atoms with van der Waals surface area (Å²) in [6.07, 6.45) is 0.988. The van der Waals surface area contributed by atoms with Crippen LogP contribution in [0.15, 0.2) is 48.5 Å². The monoisotopic (exact) mass is 383 g/mol. The van der Waals surface area contributed by atoms with Crippen molar-refractivity contribution in [1.82, 2.24) is 10.6 Å². The Bertz CT molecular complexity index is 801. The van der Waals surface area contributed by atoms with E-state index in [1.54, 1.807) is 31.4 Å². The molecule has 0 atom stereocenters. The Morgan fingerprint density at radius 2 is 1.54 bits per heavy atom. The van der Waals surface area contributed by atoms with E-state index in [0.29, 0.717) is 37.2 Å². The molecule has 0 aliphatic rings. The molecule has 2 aromatic rings. The number of carbonyl (C=O) groups excluding carboxylic acids is 3. The van der Waals surface area contributed by atoms with Gasteiger partial charge in [-0.2, -0.15) is 0 Å². The lowest BCUT2D eigenvalue weighted by molar-refractivity contribution is -0.119. The molecule has 0 saturated carbocycles. The third kappa shape index (κ3) is 7.11. The molecule has 0 aromatic heterocycles. The summed E-state index contributed by atoms with van der Waals surface area (Å²) in [5.74, 6) is 0.319. The summed E-state index contributed by atoms with van der Waals surface area (Å²) in [5.41, 5.74) is 2.18. The molecule has 0 radical (unpaired) electrons. The lowest BCUT2D eigenvalue weighted by Gasteiger charge is -2.08. The first-order valence-electron chi connectivity index (χ1n) is 9.03. The second-order valence-corrected chi connectivity index (χ2v) is 6.21. The number of rotatable bonds is 9. The lowest BCUT2D eigenvalue weighted by Crippen LogP contribution is -2.33. The van der Waals surface area contributed by atoms with Crippen LogP contribution in [0.4, 0.5) is 5.69 Å². The maximum atomic E-state index is 12.1. The second-order valence-electron chi connectivity index (χ2n) is 6.21. The average molecular weight is 383 g/mol. The van der Waals surface area contributed by atoms with Crippen LogP contribution in [0, 0.1) is 0 Å². The largest absolute Gasteiger partial charge is 0.497 e. The predicted molar refractivity (Wildman–Crippen MR) is 107 cm³/mol. The molecule has 0 aliphatic carbocycles. The Balaban J connectivity index is 1.76. The minimum Gasteiger partial charge on any atom is -0.497 e. The molecule has 28 heavy (non-hydrogen) atoms. The number of amides is 3. The number of methoxy groups -OCH3 is 1. The molecule has 0 saturated heterocycles. The van der Waals surface area contributed by atoms with Gasteiger partial charge in [-0.3, -0.25) is 14.4 Å². The molecule has 0 heterocycles. The van der Waals surface area contributed by atoms with Crippen molar-refractivity contribution in [1.29, 1.82) is 0 Å². The molecule has 3 N–H and O–H groups in total. The maximum Gasteiger partial charge on any atom is 0.251 e. The zero-order chi connectivity index (χ0) is 20.4. The Morgan fingerprint density at radius 1 is 0.893 bits per heavy atom. The molecule has 0 spiro atoms. The van der Waals surface area contributed by atoms with Crippen LogP contribution in [0.3, 0.4) is 0 Å². The van der Waals surface area contributed by atoms with Crippen LogP contribution in [0.2, 0.25) is 0 Å². The van der Waals surface area contributed by atoms with Gasteiger partial charge in [0.15, 0.2) is 0 Å². The summed E-state index contributed by atoms with van der Waals surface area (Å²) in [5, 5.41) is 8.14. The van der Waals surface area contributed by atoms with E-state index < -0.39 is 0 Å². The summed E-state index contributed by atoms with van der Waals surface area (Å²) < 4.78 is 5.11. The maximum absolute atomic E-state index is 12.1. The minimum absolute atomic E-state index is 0.0941. The summed E-state index contributed by atoms with van der Waals surface area (Å²) in [4.78, 5) is 34.9. The first kappa shape index (κ1) is 21.0. The number of anilines is 1. The first-order chi connectivity index (χ1) is 13.5. The standard InChI is InChI=1S/C21H25N3O4/c1-15(25)22-13-14-23-21(27)17-6-8-18(9-7-17)24-20(26)12-5-16-3-10-19(28-2)11-4-16/h3-4,6-11H,5,12-14H2,1-2H3,(H,22,25)(H,23,27)(H,24,26). The van der Waals surface area contributed by atoms with E-state index in [1.165, 1.54) is 6.92 Å². The number of aryl methyl sites for hydroxylation is 1. The Kier molecular flexibility index (Phi) is 8.02. The molecule has 2 aromatic carbocycles.